The number of amides is 1. The van der Waals surface area contributed by atoms with E-state index in [0.717, 1.165) is 11.3 Å². The van der Waals surface area contributed by atoms with E-state index in [1.54, 1.807) is 32.3 Å². The Bertz CT molecular complexity index is 1330. The fourth-order valence-electron chi connectivity index (χ4n) is 4.14. The Labute approximate surface area is 198 Å². The molecule has 2 aromatic carbocycles. The summed E-state index contributed by atoms with van der Waals surface area (Å²) in [6.45, 7) is 6.23. The maximum absolute atomic E-state index is 13.2. The fraction of sp³-hybridized carbons (Fsp3) is 0.346. The Morgan fingerprint density at radius 3 is 2.62 bits per heavy atom. The molecule has 1 atom stereocenters. The van der Waals surface area contributed by atoms with Crippen molar-refractivity contribution >= 4 is 28.4 Å². The molecule has 1 amide bonds. The van der Waals surface area contributed by atoms with Crippen LogP contribution in [0, 0.1) is 18.3 Å². The van der Waals surface area contributed by atoms with Gasteiger partial charge < -0.3 is 24.3 Å². The summed E-state index contributed by atoms with van der Waals surface area (Å²) in [6.07, 6.45) is 0. The number of rotatable bonds is 5. The smallest absolute Gasteiger partial charge is 0.253 e. The molecule has 1 fully saturated rings. The van der Waals surface area contributed by atoms with E-state index in [0.29, 0.717) is 59.8 Å². The van der Waals surface area contributed by atoms with Gasteiger partial charge in [0.2, 0.25) is 0 Å². The van der Waals surface area contributed by atoms with Gasteiger partial charge in [0.15, 0.2) is 11.3 Å². The highest BCUT2D eigenvalue weighted by atomic mass is 16.5. The van der Waals surface area contributed by atoms with Gasteiger partial charge in [0.25, 0.3) is 5.91 Å². The van der Waals surface area contributed by atoms with Gasteiger partial charge in [-0.15, -0.1) is 0 Å². The summed E-state index contributed by atoms with van der Waals surface area (Å²) < 4.78 is 11.7. The topological polar surface area (TPSA) is 98.8 Å². The van der Waals surface area contributed by atoms with E-state index in [4.69, 9.17) is 9.15 Å². The first-order chi connectivity index (χ1) is 16.3. The van der Waals surface area contributed by atoms with E-state index in [1.807, 2.05) is 30.9 Å². The predicted octanol–water partition coefficient (Wildman–Crippen LogP) is 3.68. The summed E-state index contributed by atoms with van der Waals surface area (Å²) in [5.41, 5.74) is 3.56. The average Bonchev–Trinajstić information content (AvgIpc) is 2.84. The van der Waals surface area contributed by atoms with Crippen LogP contribution in [0.5, 0.6) is 0 Å². The Balaban J connectivity index is 1.86. The van der Waals surface area contributed by atoms with E-state index < -0.39 is 0 Å². The zero-order valence-electron chi connectivity index (χ0n) is 19.8. The highest BCUT2D eigenvalue weighted by Crippen LogP contribution is 2.31. The molecular formula is C26H28N4O4. The quantitative estimate of drug-likeness (QED) is 0.620. The SMILES string of the molecule is Cc1c(C#N)cccc1NC(C)c1cc(C(=O)N(C)C)cc2c(=O)cc(N3CCOCC3)oc12. The zero-order valence-corrected chi connectivity index (χ0v) is 19.8. The number of morpholine rings is 1. The number of ether oxygens (including phenoxy) is 1. The summed E-state index contributed by atoms with van der Waals surface area (Å²) in [4.78, 5) is 29.4. The molecule has 2 heterocycles. The normalized spacial score (nSPS) is 14.5. The van der Waals surface area contributed by atoms with Gasteiger partial charge in [0, 0.05) is 50.1 Å². The zero-order chi connectivity index (χ0) is 24.4. The molecule has 1 aliphatic rings. The van der Waals surface area contributed by atoms with Crippen molar-refractivity contribution in [2.45, 2.75) is 19.9 Å². The van der Waals surface area contributed by atoms with Crippen molar-refractivity contribution in [3.05, 3.63) is 68.9 Å². The van der Waals surface area contributed by atoms with Crippen LogP contribution < -0.4 is 15.6 Å². The number of nitriles is 1. The van der Waals surface area contributed by atoms with E-state index in [1.165, 1.54) is 11.0 Å². The molecule has 1 aromatic heterocycles. The lowest BCUT2D eigenvalue weighted by Gasteiger charge is -2.27. The van der Waals surface area contributed by atoms with Gasteiger partial charge in [0.05, 0.1) is 36.3 Å². The van der Waals surface area contributed by atoms with Crippen molar-refractivity contribution in [2.75, 3.05) is 50.6 Å². The first-order valence-corrected chi connectivity index (χ1v) is 11.2. The monoisotopic (exact) mass is 460 g/mol. The number of nitrogens with one attached hydrogen (secondary N) is 1. The Hall–Kier alpha value is -3.83. The lowest BCUT2D eigenvalue weighted by molar-refractivity contribution is 0.0827. The molecule has 4 rings (SSSR count). The molecular weight excluding hydrogens is 432 g/mol. The number of nitrogens with zero attached hydrogens (tertiary/aromatic N) is 3. The van der Waals surface area contributed by atoms with Crippen LogP contribution >= 0.6 is 0 Å². The predicted molar refractivity (Wildman–Crippen MR) is 131 cm³/mol. The molecule has 1 N–H and O–H groups in total. The minimum absolute atomic E-state index is 0.199. The van der Waals surface area contributed by atoms with Crippen molar-refractivity contribution in [2.24, 2.45) is 0 Å². The molecule has 1 saturated heterocycles. The highest BCUT2D eigenvalue weighted by molar-refractivity contribution is 5.98. The van der Waals surface area contributed by atoms with Crippen molar-refractivity contribution in [3.63, 3.8) is 0 Å². The standard InChI is InChI=1S/C26H28N4O4/c1-16-18(15-27)6-5-7-22(16)28-17(2)20-12-19(26(32)29(3)4)13-21-23(31)14-24(34-25(20)21)30-8-10-33-11-9-30/h5-7,12-14,17,28H,8-11H2,1-4H3. The van der Waals surface area contributed by atoms with Gasteiger partial charge >= 0.3 is 0 Å². The van der Waals surface area contributed by atoms with E-state index in [-0.39, 0.29) is 17.4 Å². The van der Waals surface area contributed by atoms with E-state index in [9.17, 15) is 14.9 Å². The largest absolute Gasteiger partial charge is 0.440 e. The molecule has 8 heteroatoms. The molecule has 0 aliphatic carbocycles. The van der Waals surface area contributed by atoms with Crippen LogP contribution in [0.25, 0.3) is 11.0 Å². The van der Waals surface area contributed by atoms with E-state index in [2.05, 4.69) is 11.4 Å². The number of fused-ring (bicyclic) bond motifs is 1. The Morgan fingerprint density at radius 1 is 1.21 bits per heavy atom. The summed E-state index contributed by atoms with van der Waals surface area (Å²) in [7, 11) is 3.35. The number of hydrogen-bond acceptors (Lipinski definition) is 7. The van der Waals surface area contributed by atoms with Crippen LogP contribution in [0.3, 0.4) is 0 Å². The molecule has 0 saturated carbocycles. The Morgan fingerprint density at radius 2 is 1.94 bits per heavy atom. The number of carbonyl (C=O) groups is 1. The lowest BCUT2D eigenvalue weighted by atomic mass is 9.99. The maximum atomic E-state index is 13.2. The molecule has 0 radical (unpaired) electrons. The molecule has 0 spiro atoms. The third kappa shape index (κ3) is 4.47. The van der Waals surface area contributed by atoms with Crippen molar-refractivity contribution in [1.29, 1.82) is 5.26 Å². The number of benzene rings is 2. The summed E-state index contributed by atoms with van der Waals surface area (Å²) in [6, 6.07) is 12.2. The van der Waals surface area contributed by atoms with E-state index >= 15 is 0 Å². The van der Waals surface area contributed by atoms with Gasteiger partial charge in [-0.1, -0.05) is 6.07 Å². The molecule has 1 unspecified atom stereocenters. The number of hydrogen-bond donors (Lipinski definition) is 1. The maximum Gasteiger partial charge on any atom is 0.253 e. The van der Waals surface area contributed by atoms with Gasteiger partial charge in [-0.25, -0.2) is 0 Å². The van der Waals surface area contributed by atoms with Gasteiger partial charge in [0.1, 0.15) is 5.58 Å². The van der Waals surface area contributed by atoms with Crippen molar-refractivity contribution in [1.82, 2.24) is 4.90 Å². The highest BCUT2D eigenvalue weighted by Gasteiger charge is 2.22. The number of carbonyl (C=O) groups excluding carboxylic acids is 1. The van der Waals surface area contributed by atoms with Crippen LogP contribution in [-0.4, -0.2) is 51.2 Å². The molecule has 176 valence electrons. The van der Waals surface area contributed by atoms with Gasteiger partial charge in [-0.3, -0.25) is 9.59 Å². The van der Waals surface area contributed by atoms with Gasteiger partial charge in [-0.05, 0) is 43.7 Å². The van der Waals surface area contributed by atoms with Crippen molar-refractivity contribution < 1.29 is 13.9 Å². The van der Waals surface area contributed by atoms with Crippen molar-refractivity contribution in [3.8, 4) is 6.07 Å². The molecule has 3 aromatic rings. The minimum atomic E-state index is -0.312. The van der Waals surface area contributed by atoms with Crippen LogP contribution in [0.2, 0.25) is 0 Å². The molecule has 8 nitrogen and oxygen atoms in total. The lowest BCUT2D eigenvalue weighted by Crippen LogP contribution is -2.36. The molecule has 34 heavy (non-hydrogen) atoms. The van der Waals surface area contributed by atoms with Crippen LogP contribution in [-0.2, 0) is 4.74 Å². The minimum Gasteiger partial charge on any atom is -0.440 e. The Kier molecular flexibility index (Phi) is 6.57. The molecule has 0 bridgehead atoms. The fourth-order valence-corrected chi connectivity index (χ4v) is 4.14. The first-order valence-electron chi connectivity index (χ1n) is 11.2. The number of anilines is 2. The summed E-state index contributed by atoms with van der Waals surface area (Å²) >= 11 is 0. The summed E-state index contributed by atoms with van der Waals surface area (Å²) in [5.74, 6) is 0.290. The second kappa shape index (κ2) is 9.57. The first kappa shape index (κ1) is 23.3. The van der Waals surface area contributed by atoms with Crippen LogP contribution in [0.4, 0.5) is 11.6 Å². The molecule has 1 aliphatic heterocycles. The third-order valence-corrected chi connectivity index (χ3v) is 6.11. The summed E-state index contributed by atoms with van der Waals surface area (Å²) in [5, 5.41) is 13.2. The van der Waals surface area contributed by atoms with Gasteiger partial charge in [-0.2, -0.15) is 5.26 Å². The second-order valence-corrected chi connectivity index (χ2v) is 8.65. The van der Waals surface area contributed by atoms with Crippen LogP contribution in [0.15, 0.2) is 45.6 Å². The average molecular weight is 461 g/mol. The second-order valence-electron chi connectivity index (χ2n) is 8.65. The third-order valence-electron chi connectivity index (χ3n) is 6.11. The van der Waals surface area contributed by atoms with Crippen LogP contribution in [0.1, 0.15) is 40.0 Å².